The maximum absolute atomic E-state index is 12.5. The fourth-order valence-corrected chi connectivity index (χ4v) is 4.69. The van der Waals surface area contributed by atoms with Gasteiger partial charge in [-0.2, -0.15) is 0 Å². The molecule has 2 aliphatic rings. The number of rotatable bonds is 3. The zero-order valence-electron chi connectivity index (χ0n) is 15.1. The highest BCUT2D eigenvalue weighted by Crippen LogP contribution is 2.62. The predicted molar refractivity (Wildman–Crippen MR) is 87.7 cm³/mol. The zero-order valence-corrected chi connectivity index (χ0v) is 15.1. The number of aliphatic hydroxyl groups excluding tert-OH is 1. The molecule has 2 rings (SSSR count). The topological polar surface area (TPSA) is 49.8 Å². The first kappa shape index (κ1) is 17.6. The van der Waals surface area contributed by atoms with Gasteiger partial charge in [-0.05, 0) is 56.8 Å². The highest BCUT2D eigenvalue weighted by molar-refractivity contribution is 5.69. The first-order chi connectivity index (χ1) is 10.0. The molecule has 0 bridgehead atoms. The van der Waals surface area contributed by atoms with Crippen LogP contribution in [0.1, 0.15) is 67.2 Å². The third kappa shape index (κ3) is 2.86. The molecular weight excluding hydrogens is 278 g/mol. The van der Waals surface area contributed by atoms with Crippen LogP contribution in [0.15, 0.2) is 0 Å². The van der Waals surface area contributed by atoms with Crippen molar-refractivity contribution < 1.29 is 14.6 Å². The van der Waals surface area contributed by atoms with E-state index in [1.165, 1.54) is 19.3 Å². The van der Waals surface area contributed by atoms with Crippen LogP contribution < -0.4 is 0 Å². The summed E-state index contributed by atoms with van der Waals surface area (Å²) in [5.74, 6) is 0.601. The Morgan fingerprint density at radius 3 is 2.32 bits per heavy atom. The molecule has 128 valence electrons. The summed E-state index contributed by atoms with van der Waals surface area (Å²) >= 11 is 0. The van der Waals surface area contributed by atoms with Crippen molar-refractivity contribution in [2.24, 2.45) is 16.7 Å². The SMILES string of the molecule is CC(C)C1([C@]2(C)C[C@@H](CO)N(C(=O)OC(C)(C)C)C2)CCC1. The normalized spacial score (nSPS) is 31.3. The van der Waals surface area contributed by atoms with Crippen molar-refractivity contribution >= 4 is 6.09 Å². The molecule has 4 nitrogen and oxygen atoms in total. The maximum Gasteiger partial charge on any atom is 0.410 e. The molecule has 0 unspecified atom stereocenters. The molecule has 0 spiro atoms. The first-order valence-corrected chi connectivity index (χ1v) is 8.65. The van der Waals surface area contributed by atoms with Crippen molar-refractivity contribution in [3.63, 3.8) is 0 Å². The second kappa shape index (κ2) is 5.70. The van der Waals surface area contributed by atoms with Gasteiger partial charge in [0, 0.05) is 6.54 Å². The van der Waals surface area contributed by atoms with Crippen LogP contribution in [0.2, 0.25) is 0 Å². The molecular formula is C18H33NO3. The number of hydrogen-bond donors (Lipinski definition) is 1. The van der Waals surface area contributed by atoms with Crippen LogP contribution in [-0.2, 0) is 4.74 Å². The smallest absolute Gasteiger partial charge is 0.410 e. The number of amides is 1. The minimum absolute atomic E-state index is 0.0169. The van der Waals surface area contributed by atoms with Gasteiger partial charge in [0.05, 0.1) is 12.6 Å². The highest BCUT2D eigenvalue weighted by Gasteiger charge is 2.58. The molecule has 0 aromatic carbocycles. The van der Waals surface area contributed by atoms with Gasteiger partial charge in [0.15, 0.2) is 0 Å². The molecule has 1 aliphatic carbocycles. The van der Waals surface area contributed by atoms with E-state index in [0.29, 0.717) is 17.9 Å². The van der Waals surface area contributed by atoms with E-state index in [1.807, 2.05) is 20.8 Å². The van der Waals surface area contributed by atoms with Gasteiger partial charge in [0.25, 0.3) is 0 Å². The van der Waals surface area contributed by atoms with Gasteiger partial charge in [-0.1, -0.05) is 27.2 Å². The molecule has 2 fully saturated rings. The average molecular weight is 311 g/mol. The maximum atomic E-state index is 12.5. The first-order valence-electron chi connectivity index (χ1n) is 8.65. The molecule has 0 radical (unpaired) electrons. The fourth-order valence-electron chi connectivity index (χ4n) is 4.69. The third-order valence-electron chi connectivity index (χ3n) is 6.04. The van der Waals surface area contributed by atoms with Crippen LogP contribution in [0.25, 0.3) is 0 Å². The van der Waals surface area contributed by atoms with Gasteiger partial charge in [-0.15, -0.1) is 0 Å². The average Bonchev–Trinajstić information content (AvgIpc) is 2.63. The number of nitrogens with zero attached hydrogens (tertiary/aromatic N) is 1. The van der Waals surface area contributed by atoms with Crippen LogP contribution in [0.4, 0.5) is 4.79 Å². The van der Waals surface area contributed by atoms with Crippen LogP contribution in [0.3, 0.4) is 0 Å². The lowest BCUT2D eigenvalue weighted by molar-refractivity contribution is -0.0652. The second-order valence-electron chi connectivity index (χ2n) is 8.87. The minimum atomic E-state index is -0.498. The van der Waals surface area contributed by atoms with E-state index in [1.54, 1.807) is 4.90 Å². The van der Waals surface area contributed by atoms with Gasteiger partial charge in [-0.25, -0.2) is 4.79 Å². The Labute approximate surface area is 135 Å². The summed E-state index contributed by atoms with van der Waals surface area (Å²) in [7, 11) is 0. The summed E-state index contributed by atoms with van der Waals surface area (Å²) < 4.78 is 5.55. The van der Waals surface area contributed by atoms with E-state index in [4.69, 9.17) is 4.74 Å². The molecule has 1 heterocycles. The Kier molecular flexibility index (Phi) is 4.55. The van der Waals surface area contributed by atoms with E-state index in [-0.39, 0.29) is 24.2 Å². The van der Waals surface area contributed by atoms with Gasteiger partial charge >= 0.3 is 6.09 Å². The third-order valence-corrected chi connectivity index (χ3v) is 6.04. The van der Waals surface area contributed by atoms with E-state index in [2.05, 4.69) is 20.8 Å². The lowest BCUT2D eigenvalue weighted by atomic mass is 9.48. The van der Waals surface area contributed by atoms with Crippen LogP contribution in [0.5, 0.6) is 0 Å². The van der Waals surface area contributed by atoms with Gasteiger partial charge < -0.3 is 14.7 Å². The molecule has 1 N–H and O–H groups in total. The summed E-state index contributed by atoms with van der Waals surface area (Å²) in [6, 6.07) is -0.115. The van der Waals surface area contributed by atoms with Gasteiger partial charge in [-0.3, -0.25) is 0 Å². The molecule has 0 aromatic rings. The fraction of sp³-hybridized carbons (Fsp3) is 0.944. The molecule has 22 heavy (non-hydrogen) atoms. The minimum Gasteiger partial charge on any atom is -0.444 e. The Hall–Kier alpha value is -0.770. The Balaban J connectivity index is 2.20. The molecule has 2 atom stereocenters. The standard InChI is InChI=1S/C18H33NO3/c1-13(2)18(8-7-9-18)17(6)10-14(11-20)19(12-17)15(21)22-16(3,4)5/h13-14,20H,7-12H2,1-6H3/t14-,17+/m0/s1. The van der Waals surface area contributed by atoms with Gasteiger partial charge in [0.2, 0.25) is 0 Å². The molecule has 1 saturated carbocycles. The number of ether oxygens (including phenoxy) is 1. The van der Waals surface area contributed by atoms with Crippen molar-refractivity contribution in [1.82, 2.24) is 4.90 Å². The lowest BCUT2D eigenvalue weighted by Crippen LogP contribution is -2.50. The Morgan fingerprint density at radius 1 is 1.36 bits per heavy atom. The van der Waals surface area contributed by atoms with E-state index < -0.39 is 5.60 Å². The number of likely N-dealkylation sites (tertiary alicyclic amines) is 1. The van der Waals surface area contributed by atoms with Gasteiger partial charge in [0.1, 0.15) is 5.60 Å². The number of hydrogen-bond acceptors (Lipinski definition) is 3. The quantitative estimate of drug-likeness (QED) is 0.862. The number of carbonyl (C=O) groups excluding carboxylic acids is 1. The van der Waals surface area contributed by atoms with Crippen molar-refractivity contribution in [2.75, 3.05) is 13.2 Å². The summed E-state index contributed by atoms with van der Waals surface area (Å²) in [6.45, 7) is 13.3. The summed E-state index contributed by atoms with van der Waals surface area (Å²) in [6.07, 6.45) is 4.35. The summed E-state index contributed by atoms with van der Waals surface area (Å²) in [4.78, 5) is 14.3. The van der Waals surface area contributed by atoms with E-state index in [0.717, 1.165) is 6.42 Å². The van der Waals surface area contributed by atoms with Crippen molar-refractivity contribution in [2.45, 2.75) is 78.9 Å². The molecule has 0 aromatic heterocycles. The monoisotopic (exact) mass is 311 g/mol. The van der Waals surface area contributed by atoms with Crippen LogP contribution >= 0.6 is 0 Å². The highest BCUT2D eigenvalue weighted by atomic mass is 16.6. The number of aliphatic hydroxyl groups is 1. The second-order valence-corrected chi connectivity index (χ2v) is 8.87. The van der Waals surface area contributed by atoms with Crippen LogP contribution in [0, 0.1) is 16.7 Å². The lowest BCUT2D eigenvalue weighted by Gasteiger charge is -2.56. The molecule has 1 aliphatic heterocycles. The zero-order chi connectivity index (χ0) is 16.8. The number of carbonyl (C=O) groups is 1. The predicted octanol–water partition coefficient (Wildman–Crippen LogP) is 3.82. The van der Waals surface area contributed by atoms with Crippen molar-refractivity contribution in [3.8, 4) is 0 Å². The molecule has 1 saturated heterocycles. The summed E-state index contributed by atoms with van der Waals surface area (Å²) in [5, 5.41) is 9.76. The van der Waals surface area contributed by atoms with Crippen molar-refractivity contribution in [1.29, 1.82) is 0 Å². The van der Waals surface area contributed by atoms with Crippen molar-refractivity contribution in [3.05, 3.63) is 0 Å². The summed E-state index contributed by atoms with van der Waals surface area (Å²) in [5.41, 5.74) is -0.122. The Bertz CT molecular complexity index is 423. The Morgan fingerprint density at radius 2 is 1.95 bits per heavy atom. The molecule has 4 heteroatoms. The van der Waals surface area contributed by atoms with E-state index in [9.17, 15) is 9.90 Å². The van der Waals surface area contributed by atoms with E-state index >= 15 is 0 Å². The van der Waals surface area contributed by atoms with Crippen LogP contribution in [-0.4, -0.2) is 40.9 Å². The largest absolute Gasteiger partial charge is 0.444 e. The molecule has 1 amide bonds.